The van der Waals surface area contributed by atoms with Crippen LogP contribution < -0.4 is 0 Å². The molecule has 0 fully saturated rings. The van der Waals surface area contributed by atoms with E-state index < -0.39 is 6.10 Å². The first-order valence-corrected chi connectivity index (χ1v) is 29.0. The zero-order valence-electron chi connectivity index (χ0n) is 44.2. The van der Waals surface area contributed by atoms with E-state index in [4.69, 9.17) is 14.2 Å². The lowest BCUT2D eigenvalue weighted by Gasteiger charge is -2.18. The van der Waals surface area contributed by atoms with Crippen LogP contribution >= 0.6 is 0 Å². The Morgan fingerprint density at radius 1 is 0.303 bits per heavy atom. The lowest BCUT2D eigenvalue weighted by Crippen LogP contribution is -2.30. The summed E-state index contributed by atoms with van der Waals surface area (Å²) in [5.41, 5.74) is 0. The summed E-state index contributed by atoms with van der Waals surface area (Å²) in [5.74, 6) is -0.864. The van der Waals surface area contributed by atoms with E-state index in [1.165, 1.54) is 199 Å². The van der Waals surface area contributed by atoms with E-state index in [2.05, 4.69) is 57.2 Å². The largest absolute Gasteiger partial charge is 0.462 e. The van der Waals surface area contributed by atoms with Gasteiger partial charge in [0.2, 0.25) is 0 Å². The number of carbonyl (C=O) groups is 3. The number of hydrogen-bond donors (Lipinski definition) is 0. The van der Waals surface area contributed by atoms with E-state index in [-0.39, 0.29) is 31.1 Å². The number of esters is 3. The van der Waals surface area contributed by atoms with Crippen LogP contribution in [-0.4, -0.2) is 37.2 Å². The minimum atomic E-state index is -0.767. The molecule has 0 rings (SSSR count). The maximum Gasteiger partial charge on any atom is 0.306 e. The van der Waals surface area contributed by atoms with Gasteiger partial charge in [-0.15, -0.1) is 0 Å². The van der Waals surface area contributed by atoms with E-state index in [9.17, 15) is 14.4 Å². The summed E-state index contributed by atoms with van der Waals surface area (Å²) in [4.78, 5) is 37.9. The van der Waals surface area contributed by atoms with Crippen LogP contribution in [0.5, 0.6) is 0 Å². The Kier molecular flexibility index (Phi) is 53.2. The number of allylic oxidation sites excluding steroid dienone is 6. The van der Waals surface area contributed by atoms with Crippen molar-refractivity contribution in [3.8, 4) is 0 Å². The van der Waals surface area contributed by atoms with Crippen molar-refractivity contribution in [2.24, 2.45) is 0 Å². The fraction of sp³-hybridized carbons (Fsp3) is 0.850. The molecule has 0 aromatic rings. The molecule has 0 spiro atoms. The molecular formula is C60H110O6. The van der Waals surface area contributed by atoms with Crippen molar-refractivity contribution < 1.29 is 28.6 Å². The van der Waals surface area contributed by atoms with Crippen LogP contribution in [0.25, 0.3) is 0 Å². The summed E-state index contributed by atoms with van der Waals surface area (Å²) in [6.07, 6.45) is 65.9. The highest BCUT2D eigenvalue weighted by atomic mass is 16.6. The predicted molar refractivity (Wildman–Crippen MR) is 284 cm³/mol. The van der Waals surface area contributed by atoms with E-state index in [1.807, 2.05) is 0 Å². The van der Waals surface area contributed by atoms with Crippen LogP contribution in [0.3, 0.4) is 0 Å². The van der Waals surface area contributed by atoms with Crippen LogP contribution in [0, 0.1) is 0 Å². The lowest BCUT2D eigenvalue weighted by molar-refractivity contribution is -0.167. The van der Waals surface area contributed by atoms with Gasteiger partial charge in [0.1, 0.15) is 13.2 Å². The highest BCUT2D eigenvalue weighted by molar-refractivity contribution is 5.71. The quantitative estimate of drug-likeness (QED) is 0.0262. The smallest absolute Gasteiger partial charge is 0.306 e. The highest BCUT2D eigenvalue weighted by Gasteiger charge is 2.19. The molecule has 0 aliphatic carbocycles. The average Bonchev–Trinajstić information content (AvgIpc) is 3.31. The molecule has 6 nitrogen and oxygen atoms in total. The summed E-state index contributed by atoms with van der Waals surface area (Å²) < 4.78 is 16.8. The Morgan fingerprint density at radius 3 is 0.848 bits per heavy atom. The molecule has 1 atom stereocenters. The van der Waals surface area contributed by atoms with Gasteiger partial charge in [0.25, 0.3) is 0 Å². The van der Waals surface area contributed by atoms with Gasteiger partial charge in [0.15, 0.2) is 6.10 Å². The van der Waals surface area contributed by atoms with Crippen LogP contribution in [0.4, 0.5) is 0 Å². The Morgan fingerprint density at radius 2 is 0.545 bits per heavy atom. The Bertz CT molecular complexity index is 1110. The van der Waals surface area contributed by atoms with Crippen LogP contribution in [-0.2, 0) is 28.6 Å². The molecule has 0 radical (unpaired) electrons. The van der Waals surface area contributed by atoms with Gasteiger partial charge in [0, 0.05) is 19.3 Å². The normalized spacial score (nSPS) is 12.2. The van der Waals surface area contributed by atoms with Crippen molar-refractivity contribution in [1.29, 1.82) is 0 Å². The SMILES string of the molecule is CCCCCCC/C=C\C/C=C\C/C=C\CCCCCCCCCCCCC(=O)OCC(COC(=O)CCCCCCCCC)OC(=O)CCCCCCCCCCCCCCCCCC. The molecule has 0 N–H and O–H groups in total. The molecule has 0 aromatic carbocycles. The number of rotatable bonds is 53. The van der Waals surface area contributed by atoms with Crippen LogP contribution in [0.15, 0.2) is 36.5 Å². The van der Waals surface area contributed by atoms with Gasteiger partial charge in [0.05, 0.1) is 0 Å². The van der Waals surface area contributed by atoms with Crippen molar-refractivity contribution in [3.05, 3.63) is 36.5 Å². The van der Waals surface area contributed by atoms with Gasteiger partial charge in [-0.25, -0.2) is 0 Å². The lowest BCUT2D eigenvalue weighted by atomic mass is 10.0. The standard InChI is InChI=1S/C60H110O6/c1-4-7-10-13-16-18-20-22-24-26-27-28-29-30-31-32-33-34-36-37-39-41-44-47-50-53-59(62)65-56-57(55-64-58(61)52-49-46-43-15-12-9-6-3)66-60(63)54-51-48-45-42-40-38-35-25-23-21-19-17-14-11-8-5-2/h20,22,26-27,29-30,57H,4-19,21,23-25,28,31-56H2,1-3H3/b22-20-,27-26-,30-29-. The van der Waals surface area contributed by atoms with E-state index >= 15 is 0 Å². The number of hydrogen-bond acceptors (Lipinski definition) is 6. The van der Waals surface area contributed by atoms with E-state index in [0.717, 1.165) is 70.6 Å². The summed E-state index contributed by atoms with van der Waals surface area (Å²) in [6.45, 7) is 6.62. The van der Waals surface area contributed by atoms with Crippen molar-refractivity contribution in [1.82, 2.24) is 0 Å². The van der Waals surface area contributed by atoms with Crippen LogP contribution in [0.1, 0.15) is 310 Å². The Balaban J connectivity index is 4.13. The summed E-state index contributed by atoms with van der Waals surface area (Å²) in [7, 11) is 0. The molecule has 6 heteroatoms. The van der Waals surface area contributed by atoms with Gasteiger partial charge >= 0.3 is 17.9 Å². The second kappa shape index (κ2) is 55.2. The van der Waals surface area contributed by atoms with Gasteiger partial charge < -0.3 is 14.2 Å². The zero-order valence-corrected chi connectivity index (χ0v) is 44.2. The number of ether oxygens (including phenoxy) is 3. The third-order valence-corrected chi connectivity index (χ3v) is 12.9. The van der Waals surface area contributed by atoms with E-state index in [1.54, 1.807) is 0 Å². The second-order valence-electron chi connectivity index (χ2n) is 19.6. The minimum absolute atomic E-state index is 0.0694. The first-order valence-electron chi connectivity index (χ1n) is 29.0. The molecule has 0 aliphatic rings. The minimum Gasteiger partial charge on any atom is -0.462 e. The monoisotopic (exact) mass is 927 g/mol. The zero-order chi connectivity index (χ0) is 47.9. The van der Waals surface area contributed by atoms with Gasteiger partial charge in [-0.05, 0) is 57.8 Å². The molecule has 0 aromatic heterocycles. The average molecular weight is 928 g/mol. The van der Waals surface area contributed by atoms with Crippen molar-refractivity contribution in [2.75, 3.05) is 13.2 Å². The second-order valence-corrected chi connectivity index (χ2v) is 19.6. The fourth-order valence-electron chi connectivity index (χ4n) is 8.51. The third-order valence-electron chi connectivity index (χ3n) is 12.9. The maximum absolute atomic E-state index is 12.8. The number of carbonyl (C=O) groups excluding carboxylic acids is 3. The molecule has 0 heterocycles. The Hall–Kier alpha value is -2.37. The summed E-state index contributed by atoms with van der Waals surface area (Å²) in [6, 6.07) is 0. The van der Waals surface area contributed by atoms with Crippen molar-refractivity contribution >= 4 is 17.9 Å². The fourth-order valence-corrected chi connectivity index (χ4v) is 8.51. The van der Waals surface area contributed by atoms with E-state index in [0.29, 0.717) is 19.3 Å². The molecule has 0 bridgehead atoms. The molecule has 0 amide bonds. The first kappa shape index (κ1) is 63.6. The first-order chi connectivity index (χ1) is 32.5. The molecule has 66 heavy (non-hydrogen) atoms. The molecule has 1 unspecified atom stereocenters. The molecule has 386 valence electrons. The summed E-state index contributed by atoms with van der Waals surface area (Å²) >= 11 is 0. The molecule has 0 saturated heterocycles. The number of unbranched alkanes of at least 4 members (excludes halogenated alkanes) is 36. The maximum atomic E-state index is 12.8. The highest BCUT2D eigenvalue weighted by Crippen LogP contribution is 2.16. The van der Waals surface area contributed by atoms with Gasteiger partial charge in [-0.1, -0.05) is 269 Å². The topological polar surface area (TPSA) is 78.9 Å². The van der Waals surface area contributed by atoms with Gasteiger partial charge in [-0.3, -0.25) is 14.4 Å². The van der Waals surface area contributed by atoms with Crippen LogP contribution in [0.2, 0.25) is 0 Å². The van der Waals surface area contributed by atoms with Gasteiger partial charge in [-0.2, -0.15) is 0 Å². The molecule has 0 saturated carbocycles. The third kappa shape index (κ3) is 52.6. The summed E-state index contributed by atoms with van der Waals surface area (Å²) in [5, 5.41) is 0. The van der Waals surface area contributed by atoms with Crippen molar-refractivity contribution in [2.45, 2.75) is 316 Å². The van der Waals surface area contributed by atoms with Crippen molar-refractivity contribution in [3.63, 3.8) is 0 Å². The predicted octanol–water partition coefficient (Wildman–Crippen LogP) is 19.3. The molecular weight excluding hydrogens is 817 g/mol. The Labute approximate surface area is 410 Å². The molecule has 0 aliphatic heterocycles.